The van der Waals surface area contributed by atoms with Crippen LogP contribution in [0.2, 0.25) is 0 Å². The van der Waals surface area contributed by atoms with Gasteiger partial charge in [-0.05, 0) is 18.6 Å². The van der Waals surface area contributed by atoms with Crippen LogP contribution in [0.25, 0.3) is 0 Å². The average molecular weight is 165 g/mol. The minimum absolute atomic E-state index is 0.569. The van der Waals surface area contributed by atoms with Gasteiger partial charge >= 0.3 is 5.97 Å². The standard InChI is InChI=1S/C9H9O3/c1-7-4-2-3-5-8(7)12-6-9(10)11/h2-6H,1H3,(H,10,11). The van der Waals surface area contributed by atoms with Crippen molar-refractivity contribution >= 4 is 5.97 Å². The molecule has 0 aliphatic carbocycles. The number of ether oxygens (including phenoxy) is 1. The molecule has 0 aliphatic rings. The quantitative estimate of drug-likeness (QED) is 0.740. The van der Waals surface area contributed by atoms with Crippen molar-refractivity contribution in [3.8, 4) is 5.75 Å². The molecule has 1 aromatic rings. The van der Waals surface area contributed by atoms with Gasteiger partial charge < -0.3 is 9.84 Å². The first-order valence-electron chi connectivity index (χ1n) is 3.48. The number of para-hydroxylation sites is 1. The molecular formula is C9H9O3. The lowest BCUT2D eigenvalue weighted by Gasteiger charge is -2.04. The van der Waals surface area contributed by atoms with Crippen LogP contribution in [0.5, 0.6) is 5.75 Å². The highest BCUT2D eigenvalue weighted by atomic mass is 16.5. The Hall–Kier alpha value is -1.51. The smallest absolute Gasteiger partial charge is 0.349 e. The fraction of sp³-hybridized carbons (Fsp3) is 0.111. The van der Waals surface area contributed by atoms with E-state index in [4.69, 9.17) is 9.84 Å². The lowest BCUT2D eigenvalue weighted by atomic mass is 10.2. The first-order valence-corrected chi connectivity index (χ1v) is 3.48. The Bertz CT molecular complexity index is 281. The van der Waals surface area contributed by atoms with E-state index in [9.17, 15) is 4.79 Å². The maximum absolute atomic E-state index is 10.1. The van der Waals surface area contributed by atoms with Gasteiger partial charge in [0.05, 0.1) is 0 Å². The monoisotopic (exact) mass is 165 g/mol. The van der Waals surface area contributed by atoms with Gasteiger partial charge in [-0.15, -0.1) is 0 Å². The van der Waals surface area contributed by atoms with E-state index >= 15 is 0 Å². The number of rotatable bonds is 3. The van der Waals surface area contributed by atoms with Gasteiger partial charge in [0.2, 0.25) is 6.61 Å². The summed E-state index contributed by atoms with van der Waals surface area (Å²) in [6.45, 7) is 2.62. The lowest BCUT2D eigenvalue weighted by molar-refractivity contribution is -0.135. The van der Waals surface area contributed by atoms with Gasteiger partial charge in [-0.3, -0.25) is 0 Å². The van der Waals surface area contributed by atoms with Gasteiger partial charge in [0.25, 0.3) is 0 Å². The number of hydrogen-bond donors (Lipinski definition) is 1. The van der Waals surface area contributed by atoms with Crippen molar-refractivity contribution in [2.45, 2.75) is 6.92 Å². The molecule has 3 nitrogen and oxygen atoms in total. The molecule has 0 spiro atoms. The Morgan fingerprint density at radius 2 is 2.17 bits per heavy atom. The van der Waals surface area contributed by atoms with E-state index in [2.05, 4.69) is 0 Å². The van der Waals surface area contributed by atoms with Crippen molar-refractivity contribution in [2.75, 3.05) is 0 Å². The van der Waals surface area contributed by atoms with E-state index in [1.807, 2.05) is 19.1 Å². The molecule has 0 amide bonds. The van der Waals surface area contributed by atoms with Crippen molar-refractivity contribution in [1.29, 1.82) is 0 Å². The highest BCUT2D eigenvalue weighted by Crippen LogP contribution is 2.16. The van der Waals surface area contributed by atoms with E-state index in [0.29, 0.717) is 5.75 Å². The summed E-state index contributed by atoms with van der Waals surface area (Å²) >= 11 is 0. The van der Waals surface area contributed by atoms with Gasteiger partial charge in [0.15, 0.2) is 0 Å². The SMILES string of the molecule is Cc1ccccc1O[CH]C(=O)O. The normalized spacial score (nSPS) is 9.42. The molecule has 0 saturated carbocycles. The lowest BCUT2D eigenvalue weighted by Crippen LogP contribution is -2.02. The van der Waals surface area contributed by atoms with Crippen LogP contribution in [0, 0.1) is 13.5 Å². The molecule has 63 valence electrons. The zero-order valence-electron chi connectivity index (χ0n) is 6.65. The van der Waals surface area contributed by atoms with Gasteiger partial charge in [-0.1, -0.05) is 18.2 Å². The van der Waals surface area contributed by atoms with Crippen LogP contribution in [-0.4, -0.2) is 11.1 Å². The minimum Gasteiger partial charge on any atom is -0.478 e. The van der Waals surface area contributed by atoms with Crippen molar-refractivity contribution in [3.05, 3.63) is 36.4 Å². The molecule has 1 rings (SSSR count). The fourth-order valence-electron chi connectivity index (χ4n) is 0.803. The summed E-state index contributed by atoms with van der Waals surface area (Å²) in [7, 11) is 0. The third kappa shape index (κ3) is 2.27. The minimum atomic E-state index is -1.08. The Labute approximate surface area is 70.6 Å². The predicted molar refractivity (Wildman–Crippen MR) is 43.7 cm³/mol. The first-order chi connectivity index (χ1) is 5.70. The van der Waals surface area contributed by atoms with Crippen molar-refractivity contribution in [2.24, 2.45) is 0 Å². The van der Waals surface area contributed by atoms with Crippen LogP contribution in [0.1, 0.15) is 5.56 Å². The molecule has 0 saturated heterocycles. The second-order valence-electron chi connectivity index (χ2n) is 2.34. The molecule has 0 aromatic heterocycles. The van der Waals surface area contributed by atoms with Crippen LogP contribution in [-0.2, 0) is 4.79 Å². The molecule has 1 radical (unpaired) electrons. The van der Waals surface area contributed by atoms with Crippen LogP contribution in [0.3, 0.4) is 0 Å². The van der Waals surface area contributed by atoms with Gasteiger partial charge in [-0.25, -0.2) is 4.79 Å². The number of carboxylic acids is 1. The summed E-state index contributed by atoms with van der Waals surface area (Å²) in [5, 5.41) is 8.29. The molecule has 0 heterocycles. The molecule has 3 heteroatoms. The Morgan fingerprint density at radius 3 is 2.75 bits per heavy atom. The van der Waals surface area contributed by atoms with Crippen LogP contribution in [0.4, 0.5) is 0 Å². The second-order valence-corrected chi connectivity index (χ2v) is 2.34. The zero-order chi connectivity index (χ0) is 8.97. The van der Waals surface area contributed by atoms with E-state index in [-0.39, 0.29) is 0 Å². The van der Waals surface area contributed by atoms with E-state index in [1.54, 1.807) is 12.1 Å². The van der Waals surface area contributed by atoms with Crippen LogP contribution in [0.15, 0.2) is 24.3 Å². The van der Waals surface area contributed by atoms with Crippen LogP contribution >= 0.6 is 0 Å². The number of hydrogen-bond acceptors (Lipinski definition) is 2. The molecule has 1 N–H and O–H groups in total. The Morgan fingerprint density at radius 1 is 1.50 bits per heavy atom. The van der Waals surface area contributed by atoms with E-state index in [1.165, 1.54) is 0 Å². The fourth-order valence-corrected chi connectivity index (χ4v) is 0.803. The molecule has 1 aromatic carbocycles. The van der Waals surface area contributed by atoms with Crippen molar-refractivity contribution < 1.29 is 14.6 Å². The summed E-state index contributed by atoms with van der Waals surface area (Å²) in [4.78, 5) is 10.1. The molecule has 0 bridgehead atoms. The third-order valence-electron chi connectivity index (χ3n) is 1.38. The summed E-state index contributed by atoms with van der Waals surface area (Å²) in [5.74, 6) is -0.516. The second kappa shape index (κ2) is 3.76. The molecule has 0 atom stereocenters. The average Bonchev–Trinajstić information content (AvgIpc) is 2.03. The highest BCUT2D eigenvalue weighted by molar-refractivity contribution is 5.75. The molecule has 0 aliphatic heterocycles. The number of benzene rings is 1. The maximum atomic E-state index is 10.1. The van der Waals surface area contributed by atoms with Gasteiger partial charge in [-0.2, -0.15) is 0 Å². The predicted octanol–water partition coefficient (Wildman–Crippen LogP) is 1.62. The number of carboxylic acid groups (broad SMARTS) is 1. The zero-order valence-corrected chi connectivity index (χ0v) is 6.65. The summed E-state index contributed by atoms with van der Waals surface area (Å²) in [5.41, 5.74) is 0.912. The topological polar surface area (TPSA) is 46.5 Å². The Kier molecular flexibility index (Phi) is 2.69. The maximum Gasteiger partial charge on any atom is 0.349 e. The van der Waals surface area contributed by atoms with E-state index < -0.39 is 5.97 Å². The number of aryl methyl sites for hydroxylation is 1. The highest BCUT2D eigenvalue weighted by Gasteiger charge is 2.01. The van der Waals surface area contributed by atoms with Gasteiger partial charge in [0, 0.05) is 0 Å². The summed E-state index contributed by atoms with van der Waals surface area (Å²) in [6, 6.07) is 7.22. The number of aliphatic carboxylic acids is 1. The van der Waals surface area contributed by atoms with Gasteiger partial charge in [0.1, 0.15) is 5.75 Å². The largest absolute Gasteiger partial charge is 0.478 e. The molecule has 0 fully saturated rings. The Balaban J connectivity index is 2.63. The summed E-state index contributed by atoms with van der Waals surface area (Å²) in [6.07, 6.45) is 0. The van der Waals surface area contributed by atoms with E-state index in [0.717, 1.165) is 12.2 Å². The third-order valence-corrected chi connectivity index (χ3v) is 1.38. The molecular weight excluding hydrogens is 156 g/mol. The summed E-state index contributed by atoms with van der Waals surface area (Å²) < 4.78 is 4.87. The first kappa shape index (κ1) is 8.59. The van der Waals surface area contributed by atoms with Crippen LogP contribution < -0.4 is 4.74 Å². The number of carbonyl (C=O) groups is 1. The van der Waals surface area contributed by atoms with Crippen molar-refractivity contribution in [3.63, 3.8) is 0 Å². The van der Waals surface area contributed by atoms with Crippen molar-refractivity contribution in [1.82, 2.24) is 0 Å². The molecule has 0 unspecified atom stereocenters. The molecule has 12 heavy (non-hydrogen) atoms.